The fourth-order valence-electron chi connectivity index (χ4n) is 3.20. The molecule has 2 aliphatic rings. The fraction of sp³-hybridized carbons (Fsp3) is 1.00. The monoisotopic (exact) mass is 296 g/mol. The predicted molar refractivity (Wildman–Crippen MR) is 89.7 cm³/mol. The standard InChI is InChI=1S/C18H36N2O/c1-15(2)20(11-16-7-8-16)13-18(9-6-10-21-14-18)12-19-17(3,4)5/h15-16,19H,6-14H2,1-5H3. The molecule has 0 aromatic carbocycles. The summed E-state index contributed by atoms with van der Waals surface area (Å²) in [7, 11) is 0. The molecule has 1 heterocycles. The van der Waals surface area contributed by atoms with E-state index in [4.69, 9.17) is 4.74 Å². The van der Waals surface area contributed by atoms with Crippen LogP contribution in [0, 0.1) is 11.3 Å². The van der Waals surface area contributed by atoms with Gasteiger partial charge in [0.2, 0.25) is 0 Å². The van der Waals surface area contributed by atoms with Crippen molar-refractivity contribution in [3.8, 4) is 0 Å². The molecular weight excluding hydrogens is 260 g/mol. The molecule has 1 saturated carbocycles. The molecule has 1 saturated heterocycles. The molecule has 124 valence electrons. The maximum atomic E-state index is 5.89. The third kappa shape index (κ3) is 5.88. The van der Waals surface area contributed by atoms with Crippen molar-refractivity contribution in [1.29, 1.82) is 0 Å². The third-order valence-electron chi connectivity index (χ3n) is 4.86. The Bertz CT molecular complexity index is 312. The molecule has 3 nitrogen and oxygen atoms in total. The molecule has 1 aliphatic heterocycles. The normalized spacial score (nSPS) is 27.6. The molecule has 0 radical (unpaired) electrons. The van der Waals surface area contributed by atoms with Crippen LogP contribution in [0.15, 0.2) is 0 Å². The minimum atomic E-state index is 0.184. The lowest BCUT2D eigenvalue weighted by atomic mass is 9.80. The lowest BCUT2D eigenvalue weighted by molar-refractivity contribution is -0.0340. The van der Waals surface area contributed by atoms with Gasteiger partial charge in [0.1, 0.15) is 0 Å². The zero-order chi connectivity index (χ0) is 15.5. The Labute approximate surface area is 131 Å². The van der Waals surface area contributed by atoms with Crippen LogP contribution in [0.25, 0.3) is 0 Å². The number of hydrogen-bond acceptors (Lipinski definition) is 3. The van der Waals surface area contributed by atoms with Gasteiger partial charge < -0.3 is 10.1 Å². The van der Waals surface area contributed by atoms with E-state index in [2.05, 4.69) is 44.8 Å². The molecule has 0 spiro atoms. The second-order valence-corrected chi connectivity index (χ2v) is 8.73. The van der Waals surface area contributed by atoms with E-state index in [-0.39, 0.29) is 5.54 Å². The first-order chi connectivity index (χ1) is 9.80. The van der Waals surface area contributed by atoms with Gasteiger partial charge in [0.05, 0.1) is 6.61 Å². The molecule has 1 atom stereocenters. The van der Waals surface area contributed by atoms with Crippen molar-refractivity contribution in [2.75, 3.05) is 32.8 Å². The number of nitrogens with one attached hydrogen (secondary N) is 1. The largest absolute Gasteiger partial charge is 0.381 e. The lowest BCUT2D eigenvalue weighted by Gasteiger charge is -2.43. The highest BCUT2D eigenvalue weighted by Crippen LogP contribution is 2.34. The van der Waals surface area contributed by atoms with E-state index in [1.165, 1.54) is 38.8 Å². The van der Waals surface area contributed by atoms with Crippen LogP contribution in [-0.4, -0.2) is 49.3 Å². The van der Waals surface area contributed by atoms with Crippen LogP contribution in [0.1, 0.15) is 60.3 Å². The molecule has 21 heavy (non-hydrogen) atoms. The molecule has 0 amide bonds. The molecular formula is C18H36N2O. The van der Waals surface area contributed by atoms with Crippen molar-refractivity contribution < 1.29 is 4.74 Å². The van der Waals surface area contributed by atoms with Crippen LogP contribution in [0.3, 0.4) is 0 Å². The van der Waals surface area contributed by atoms with Crippen LogP contribution in [0.4, 0.5) is 0 Å². The summed E-state index contributed by atoms with van der Waals surface area (Å²) in [5.74, 6) is 0.963. The van der Waals surface area contributed by atoms with Crippen molar-refractivity contribution in [1.82, 2.24) is 10.2 Å². The van der Waals surface area contributed by atoms with Gasteiger partial charge >= 0.3 is 0 Å². The van der Waals surface area contributed by atoms with Crippen LogP contribution >= 0.6 is 0 Å². The Morgan fingerprint density at radius 1 is 1.29 bits per heavy atom. The van der Waals surface area contributed by atoms with Crippen molar-refractivity contribution >= 4 is 0 Å². The average Bonchev–Trinajstić information content (AvgIpc) is 3.20. The third-order valence-corrected chi connectivity index (χ3v) is 4.86. The smallest absolute Gasteiger partial charge is 0.0546 e. The van der Waals surface area contributed by atoms with E-state index in [0.29, 0.717) is 11.5 Å². The molecule has 0 aromatic heterocycles. The Morgan fingerprint density at radius 2 is 2.00 bits per heavy atom. The minimum absolute atomic E-state index is 0.184. The summed E-state index contributed by atoms with van der Waals surface area (Å²) in [5.41, 5.74) is 0.480. The maximum absolute atomic E-state index is 5.89. The Balaban J connectivity index is 1.99. The summed E-state index contributed by atoms with van der Waals surface area (Å²) >= 11 is 0. The highest BCUT2D eigenvalue weighted by Gasteiger charge is 2.37. The summed E-state index contributed by atoms with van der Waals surface area (Å²) in [6.07, 6.45) is 5.38. The minimum Gasteiger partial charge on any atom is -0.381 e. The molecule has 1 unspecified atom stereocenters. The first-order valence-corrected chi connectivity index (χ1v) is 8.87. The average molecular weight is 296 g/mol. The van der Waals surface area contributed by atoms with Gasteiger partial charge in [-0.05, 0) is 66.2 Å². The summed E-state index contributed by atoms with van der Waals surface area (Å²) < 4.78 is 5.89. The Morgan fingerprint density at radius 3 is 2.48 bits per heavy atom. The molecule has 2 fully saturated rings. The van der Waals surface area contributed by atoms with Crippen molar-refractivity contribution in [3.05, 3.63) is 0 Å². The van der Waals surface area contributed by atoms with Gasteiger partial charge in [-0.3, -0.25) is 4.90 Å². The molecule has 2 rings (SSSR count). The van der Waals surface area contributed by atoms with Gasteiger partial charge in [-0.15, -0.1) is 0 Å². The molecule has 0 bridgehead atoms. The highest BCUT2D eigenvalue weighted by molar-refractivity contribution is 4.91. The topological polar surface area (TPSA) is 24.5 Å². The lowest BCUT2D eigenvalue weighted by Crippen LogP contribution is -2.53. The van der Waals surface area contributed by atoms with Crippen LogP contribution in [0.2, 0.25) is 0 Å². The fourth-order valence-corrected chi connectivity index (χ4v) is 3.20. The molecule has 1 N–H and O–H groups in total. The van der Waals surface area contributed by atoms with Crippen LogP contribution < -0.4 is 5.32 Å². The van der Waals surface area contributed by atoms with Crippen molar-refractivity contribution in [2.45, 2.75) is 71.9 Å². The SMILES string of the molecule is CC(C)N(CC1CC1)CC1(CNC(C)(C)C)CCCOC1. The van der Waals surface area contributed by atoms with Gasteiger partial charge in [-0.1, -0.05) is 0 Å². The van der Waals surface area contributed by atoms with E-state index in [9.17, 15) is 0 Å². The number of nitrogens with zero attached hydrogens (tertiary/aromatic N) is 1. The number of hydrogen-bond donors (Lipinski definition) is 1. The Hall–Kier alpha value is -0.120. The summed E-state index contributed by atoms with van der Waals surface area (Å²) in [6, 6.07) is 0.638. The first-order valence-electron chi connectivity index (χ1n) is 8.87. The van der Waals surface area contributed by atoms with E-state index in [1.807, 2.05) is 0 Å². The second kappa shape index (κ2) is 6.97. The van der Waals surface area contributed by atoms with E-state index >= 15 is 0 Å². The Kier molecular flexibility index (Phi) is 5.72. The quantitative estimate of drug-likeness (QED) is 0.780. The van der Waals surface area contributed by atoms with Gasteiger partial charge in [0.15, 0.2) is 0 Å². The van der Waals surface area contributed by atoms with E-state index in [1.54, 1.807) is 0 Å². The predicted octanol–water partition coefficient (Wildman–Crippen LogP) is 3.29. The van der Waals surface area contributed by atoms with E-state index < -0.39 is 0 Å². The van der Waals surface area contributed by atoms with E-state index in [0.717, 1.165) is 25.7 Å². The summed E-state index contributed by atoms with van der Waals surface area (Å²) in [6.45, 7) is 16.9. The maximum Gasteiger partial charge on any atom is 0.0546 e. The second-order valence-electron chi connectivity index (χ2n) is 8.73. The molecule has 0 aromatic rings. The van der Waals surface area contributed by atoms with Gasteiger partial charge in [0, 0.05) is 43.2 Å². The van der Waals surface area contributed by atoms with Gasteiger partial charge in [-0.2, -0.15) is 0 Å². The highest BCUT2D eigenvalue weighted by atomic mass is 16.5. The van der Waals surface area contributed by atoms with Gasteiger partial charge in [-0.25, -0.2) is 0 Å². The molecule has 1 aliphatic carbocycles. The zero-order valence-corrected chi connectivity index (χ0v) is 14.9. The molecule has 3 heteroatoms. The summed E-state index contributed by atoms with van der Waals surface area (Å²) in [5, 5.41) is 3.74. The zero-order valence-electron chi connectivity index (χ0n) is 14.9. The van der Waals surface area contributed by atoms with Crippen molar-refractivity contribution in [3.63, 3.8) is 0 Å². The van der Waals surface area contributed by atoms with Gasteiger partial charge in [0.25, 0.3) is 0 Å². The van der Waals surface area contributed by atoms with Crippen LogP contribution in [-0.2, 0) is 4.74 Å². The summed E-state index contributed by atoms with van der Waals surface area (Å²) in [4.78, 5) is 2.71. The number of ether oxygens (including phenoxy) is 1. The van der Waals surface area contributed by atoms with Crippen molar-refractivity contribution in [2.24, 2.45) is 11.3 Å². The first kappa shape index (κ1) is 17.2. The van der Waals surface area contributed by atoms with Crippen LogP contribution in [0.5, 0.6) is 0 Å². The number of rotatable bonds is 7.